The van der Waals surface area contributed by atoms with Gasteiger partial charge in [-0.25, -0.2) is 14.2 Å². The Morgan fingerprint density at radius 2 is 2.05 bits per heavy atom. The molecule has 106 valence electrons. The first-order valence-corrected chi connectivity index (χ1v) is 6.57. The molecule has 1 heterocycles. The molecule has 0 aliphatic heterocycles. The minimum Gasteiger partial charge on any atom is -0.478 e. The fraction of sp³-hybridized carbons (Fsp3) is 0.125. The van der Waals surface area contributed by atoms with Crippen LogP contribution < -0.4 is 0 Å². The molecule has 0 saturated carbocycles. The van der Waals surface area contributed by atoms with Crippen molar-refractivity contribution in [1.29, 1.82) is 0 Å². The molecular weight excluding hydrogens is 271 g/mol. The first-order valence-electron chi connectivity index (χ1n) is 6.57. The lowest BCUT2D eigenvalue weighted by molar-refractivity contribution is 0.0698. The zero-order chi connectivity index (χ0) is 14.8. The van der Waals surface area contributed by atoms with Crippen LogP contribution in [0.2, 0.25) is 0 Å². The van der Waals surface area contributed by atoms with E-state index < -0.39 is 5.97 Å². The Morgan fingerprint density at radius 3 is 2.81 bits per heavy atom. The summed E-state index contributed by atoms with van der Waals surface area (Å²) < 4.78 is 15.0. The molecule has 0 saturated heterocycles. The van der Waals surface area contributed by atoms with E-state index in [0.29, 0.717) is 24.0 Å². The van der Waals surface area contributed by atoms with Gasteiger partial charge in [-0.15, -0.1) is 0 Å². The molecule has 21 heavy (non-hydrogen) atoms. The molecule has 5 heteroatoms. The standard InChI is InChI=1S/C16H13FN2O2/c17-12-4-1-3-11(9-12)7-8-19-10-18-14-6-2-5-13(15(14)19)16(20)21/h1-6,9-10H,7-8H2,(H,20,21). The topological polar surface area (TPSA) is 55.1 Å². The van der Waals surface area contributed by atoms with E-state index in [9.17, 15) is 14.3 Å². The Kier molecular flexibility index (Phi) is 3.39. The van der Waals surface area contributed by atoms with Crippen molar-refractivity contribution in [2.24, 2.45) is 0 Å². The highest BCUT2D eigenvalue weighted by Crippen LogP contribution is 2.18. The van der Waals surface area contributed by atoms with Gasteiger partial charge in [0.1, 0.15) is 5.82 Å². The average Bonchev–Trinajstić information content (AvgIpc) is 2.88. The number of aromatic nitrogens is 2. The van der Waals surface area contributed by atoms with Crippen LogP contribution in [0.3, 0.4) is 0 Å². The van der Waals surface area contributed by atoms with Crippen molar-refractivity contribution in [2.45, 2.75) is 13.0 Å². The van der Waals surface area contributed by atoms with Crippen LogP contribution >= 0.6 is 0 Å². The summed E-state index contributed by atoms with van der Waals surface area (Å²) in [4.78, 5) is 15.5. The van der Waals surface area contributed by atoms with Gasteiger partial charge >= 0.3 is 5.97 Å². The summed E-state index contributed by atoms with van der Waals surface area (Å²) in [5, 5.41) is 9.26. The molecule has 0 unspecified atom stereocenters. The van der Waals surface area contributed by atoms with Crippen LogP contribution in [0.25, 0.3) is 11.0 Å². The molecule has 0 amide bonds. The minimum absolute atomic E-state index is 0.226. The van der Waals surface area contributed by atoms with Crippen LogP contribution in [0, 0.1) is 5.82 Å². The van der Waals surface area contributed by atoms with Crippen LogP contribution in [0.1, 0.15) is 15.9 Å². The monoisotopic (exact) mass is 284 g/mol. The van der Waals surface area contributed by atoms with Crippen LogP contribution in [-0.4, -0.2) is 20.6 Å². The summed E-state index contributed by atoms with van der Waals surface area (Å²) in [6.45, 7) is 0.546. The van der Waals surface area contributed by atoms with Crippen LogP contribution in [0.5, 0.6) is 0 Å². The third-order valence-corrected chi connectivity index (χ3v) is 3.40. The summed E-state index contributed by atoms with van der Waals surface area (Å²) in [6, 6.07) is 11.4. The second kappa shape index (κ2) is 5.36. The normalized spacial score (nSPS) is 10.9. The molecule has 3 aromatic rings. The average molecular weight is 284 g/mol. The van der Waals surface area contributed by atoms with Gasteiger partial charge in [-0.3, -0.25) is 0 Å². The quantitative estimate of drug-likeness (QED) is 0.801. The van der Waals surface area contributed by atoms with Gasteiger partial charge in [-0.1, -0.05) is 18.2 Å². The maximum absolute atomic E-state index is 13.2. The summed E-state index contributed by atoms with van der Waals surface area (Å²) in [5.41, 5.74) is 2.34. The Bertz CT molecular complexity index is 811. The molecule has 0 bridgehead atoms. The highest BCUT2D eigenvalue weighted by atomic mass is 19.1. The van der Waals surface area contributed by atoms with Gasteiger partial charge < -0.3 is 9.67 Å². The second-order valence-corrected chi connectivity index (χ2v) is 4.80. The molecule has 4 nitrogen and oxygen atoms in total. The fourth-order valence-electron chi connectivity index (χ4n) is 2.41. The van der Waals surface area contributed by atoms with Crippen molar-refractivity contribution in [3.8, 4) is 0 Å². The predicted molar refractivity (Wildman–Crippen MR) is 76.8 cm³/mol. The molecular formula is C16H13FN2O2. The number of fused-ring (bicyclic) bond motifs is 1. The van der Waals surface area contributed by atoms with Crippen molar-refractivity contribution in [3.05, 3.63) is 65.7 Å². The van der Waals surface area contributed by atoms with Crippen molar-refractivity contribution in [3.63, 3.8) is 0 Å². The van der Waals surface area contributed by atoms with Gasteiger partial charge in [0.2, 0.25) is 0 Å². The van der Waals surface area contributed by atoms with Crippen molar-refractivity contribution < 1.29 is 14.3 Å². The SMILES string of the molecule is O=C(O)c1cccc2ncn(CCc3cccc(F)c3)c12. The molecule has 1 N–H and O–H groups in total. The number of carbonyl (C=O) groups is 1. The van der Waals surface area contributed by atoms with Gasteiger partial charge in [-0.2, -0.15) is 0 Å². The van der Waals surface area contributed by atoms with Crippen molar-refractivity contribution in [1.82, 2.24) is 9.55 Å². The molecule has 0 atom stereocenters. The molecule has 0 fully saturated rings. The number of carboxylic acid groups (broad SMARTS) is 1. The molecule has 1 aromatic heterocycles. The number of nitrogens with zero attached hydrogens (tertiary/aromatic N) is 2. The third kappa shape index (κ3) is 2.63. The highest BCUT2D eigenvalue weighted by molar-refractivity contribution is 6.01. The Labute approximate surface area is 120 Å². The zero-order valence-corrected chi connectivity index (χ0v) is 11.2. The number of benzene rings is 2. The molecule has 3 rings (SSSR count). The largest absolute Gasteiger partial charge is 0.478 e. The first-order chi connectivity index (χ1) is 10.1. The fourth-order valence-corrected chi connectivity index (χ4v) is 2.41. The molecule has 0 spiro atoms. The van der Waals surface area contributed by atoms with E-state index in [2.05, 4.69) is 4.98 Å². The highest BCUT2D eigenvalue weighted by Gasteiger charge is 2.13. The van der Waals surface area contributed by atoms with Crippen LogP contribution in [0.4, 0.5) is 4.39 Å². The van der Waals surface area contributed by atoms with Crippen LogP contribution in [-0.2, 0) is 13.0 Å². The van der Waals surface area contributed by atoms with Gasteiger partial charge in [-0.05, 0) is 36.2 Å². The number of hydrogen-bond acceptors (Lipinski definition) is 2. The molecule has 0 radical (unpaired) electrons. The van der Waals surface area contributed by atoms with E-state index in [0.717, 1.165) is 5.56 Å². The van der Waals surface area contributed by atoms with Gasteiger partial charge in [0.05, 0.1) is 22.9 Å². The molecule has 0 aliphatic rings. The third-order valence-electron chi connectivity index (χ3n) is 3.40. The minimum atomic E-state index is -0.979. The van der Waals surface area contributed by atoms with Gasteiger partial charge in [0.25, 0.3) is 0 Å². The number of aromatic carboxylic acids is 1. The molecule has 2 aromatic carbocycles. The number of imidazole rings is 1. The van der Waals surface area contributed by atoms with E-state index in [1.807, 2.05) is 6.07 Å². The number of hydrogen-bond donors (Lipinski definition) is 1. The predicted octanol–water partition coefficient (Wildman–Crippen LogP) is 3.12. The van der Waals surface area contributed by atoms with E-state index in [4.69, 9.17) is 0 Å². The number of carboxylic acids is 1. The summed E-state index contributed by atoms with van der Waals surface area (Å²) in [5.74, 6) is -1.25. The lowest BCUT2D eigenvalue weighted by atomic mass is 10.1. The summed E-state index contributed by atoms with van der Waals surface area (Å²) >= 11 is 0. The molecule has 0 aliphatic carbocycles. The maximum atomic E-state index is 13.2. The van der Waals surface area contributed by atoms with Crippen molar-refractivity contribution in [2.75, 3.05) is 0 Å². The lowest BCUT2D eigenvalue weighted by Gasteiger charge is -2.07. The number of para-hydroxylation sites is 1. The van der Waals surface area contributed by atoms with E-state index >= 15 is 0 Å². The van der Waals surface area contributed by atoms with Crippen molar-refractivity contribution >= 4 is 17.0 Å². The van der Waals surface area contributed by atoms with Crippen LogP contribution in [0.15, 0.2) is 48.8 Å². The second-order valence-electron chi connectivity index (χ2n) is 4.80. The first kappa shape index (κ1) is 13.3. The van der Waals surface area contributed by atoms with E-state index in [-0.39, 0.29) is 11.4 Å². The maximum Gasteiger partial charge on any atom is 0.337 e. The van der Waals surface area contributed by atoms with Gasteiger partial charge in [0, 0.05) is 6.54 Å². The Morgan fingerprint density at radius 1 is 1.24 bits per heavy atom. The Hall–Kier alpha value is -2.69. The van der Waals surface area contributed by atoms with E-state index in [1.54, 1.807) is 35.2 Å². The zero-order valence-electron chi connectivity index (χ0n) is 11.2. The smallest absolute Gasteiger partial charge is 0.337 e. The number of aryl methyl sites for hydroxylation is 2. The van der Waals surface area contributed by atoms with E-state index in [1.165, 1.54) is 12.1 Å². The lowest BCUT2D eigenvalue weighted by Crippen LogP contribution is -2.05. The number of halogens is 1. The Balaban J connectivity index is 1.92. The summed E-state index contributed by atoms with van der Waals surface area (Å²) in [6.07, 6.45) is 2.23. The van der Waals surface area contributed by atoms with Gasteiger partial charge in [0.15, 0.2) is 0 Å². The number of rotatable bonds is 4. The summed E-state index contributed by atoms with van der Waals surface area (Å²) in [7, 11) is 0.